The van der Waals surface area contributed by atoms with Crippen molar-refractivity contribution in [2.45, 2.75) is 45.6 Å². The SMILES string of the molecule is Cc1ccc(CC(C)NC(=O)C2(C(=O)O)CCC2)s1. The molecule has 0 bridgehead atoms. The Kier molecular flexibility index (Phi) is 3.94. The number of carbonyl (C=O) groups excluding carboxylic acids is 1. The van der Waals surface area contributed by atoms with Crippen molar-refractivity contribution >= 4 is 23.2 Å². The van der Waals surface area contributed by atoms with Crippen molar-refractivity contribution in [2.24, 2.45) is 5.41 Å². The van der Waals surface area contributed by atoms with Crippen LogP contribution in [0.15, 0.2) is 12.1 Å². The molecule has 0 aliphatic heterocycles. The van der Waals surface area contributed by atoms with Gasteiger partial charge < -0.3 is 10.4 Å². The minimum atomic E-state index is -1.17. The summed E-state index contributed by atoms with van der Waals surface area (Å²) in [7, 11) is 0. The molecule has 5 heteroatoms. The number of carbonyl (C=O) groups is 2. The normalized spacial score (nSPS) is 18.4. The van der Waals surface area contributed by atoms with Crippen LogP contribution in [0.2, 0.25) is 0 Å². The molecule has 1 saturated carbocycles. The second kappa shape index (κ2) is 5.33. The molecule has 1 aromatic rings. The van der Waals surface area contributed by atoms with Gasteiger partial charge in [-0.1, -0.05) is 6.42 Å². The zero-order valence-electron chi connectivity index (χ0n) is 11.2. The molecular weight excluding hydrogens is 262 g/mol. The molecule has 19 heavy (non-hydrogen) atoms. The summed E-state index contributed by atoms with van der Waals surface area (Å²) in [6.07, 6.45) is 2.48. The first kappa shape index (κ1) is 14.1. The number of carboxylic acid groups (broad SMARTS) is 1. The fourth-order valence-electron chi connectivity index (χ4n) is 2.38. The number of hydrogen-bond donors (Lipinski definition) is 2. The fourth-order valence-corrected chi connectivity index (χ4v) is 3.40. The van der Waals surface area contributed by atoms with Crippen LogP contribution < -0.4 is 5.32 Å². The first-order valence-corrected chi connectivity index (χ1v) is 7.35. The van der Waals surface area contributed by atoms with Gasteiger partial charge in [-0.15, -0.1) is 11.3 Å². The van der Waals surface area contributed by atoms with Gasteiger partial charge in [0.2, 0.25) is 5.91 Å². The Morgan fingerprint density at radius 3 is 2.58 bits per heavy atom. The van der Waals surface area contributed by atoms with Crippen molar-refractivity contribution in [2.75, 3.05) is 0 Å². The van der Waals surface area contributed by atoms with Crippen molar-refractivity contribution in [3.8, 4) is 0 Å². The van der Waals surface area contributed by atoms with Crippen LogP contribution in [0.4, 0.5) is 0 Å². The van der Waals surface area contributed by atoms with E-state index in [0.717, 1.165) is 12.8 Å². The van der Waals surface area contributed by atoms with Crippen molar-refractivity contribution in [1.82, 2.24) is 5.32 Å². The van der Waals surface area contributed by atoms with E-state index in [1.165, 1.54) is 9.75 Å². The smallest absolute Gasteiger partial charge is 0.319 e. The Morgan fingerprint density at radius 1 is 1.47 bits per heavy atom. The number of nitrogens with one attached hydrogen (secondary N) is 1. The van der Waals surface area contributed by atoms with Gasteiger partial charge in [-0.25, -0.2) is 0 Å². The molecule has 2 rings (SSSR count). The number of thiophene rings is 1. The number of hydrogen-bond acceptors (Lipinski definition) is 3. The zero-order valence-corrected chi connectivity index (χ0v) is 12.0. The van der Waals surface area contributed by atoms with Crippen LogP contribution >= 0.6 is 11.3 Å². The first-order valence-electron chi connectivity index (χ1n) is 6.54. The third-order valence-electron chi connectivity index (χ3n) is 3.73. The average Bonchev–Trinajstić information content (AvgIpc) is 2.60. The summed E-state index contributed by atoms with van der Waals surface area (Å²) in [5.41, 5.74) is -1.17. The molecule has 0 radical (unpaired) electrons. The zero-order chi connectivity index (χ0) is 14.0. The summed E-state index contributed by atoms with van der Waals surface area (Å²) in [6.45, 7) is 3.96. The lowest BCUT2D eigenvalue weighted by molar-refractivity contribution is -0.162. The second-order valence-electron chi connectivity index (χ2n) is 5.33. The number of aliphatic carboxylic acids is 1. The molecule has 1 atom stereocenters. The quantitative estimate of drug-likeness (QED) is 0.814. The van der Waals surface area contributed by atoms with Gasteiger partial charge in [-0.3, -0.25) is 9.59 Å². The first-order chi connectivity index (χ1) is 8.94. The lowest BCUT2D eigenvalue weighted by Crippen LogP contribution is -2.53. The molecule has 0 spiro atoms. The van der Waals surface area contributed by atoms with Gasteiger partial charge in [0.1, 0.15) is 5.41 Å². The fraction of sp³-hybridized carbons (Fsp3) is 0.571. The van der Waals surface area contributed by atoms with Crippen LogP contribution in [0.1, 0.15) is 35.9 Å². The molecule has 1 aromatic heterocycles. The summed E-state index contributed by atoms with van der Waals surface area (Å²) in [5.74, 6) is -1.32. The summed E-state index contributed by atoms with van der Waals surface area (Å²) < 4.78 is 0. The highest BCUT2D eigenvalue weighted by Gasteiger charge is 2.51. The highest BCUT2D eigenvalue weighted by atomic mass is 32.1. The molecule has 104 valence electrons. The van der Waals surface area contributed by atoms with Crippen LogP contribution in [0.25, 0.3) is 0 Å². The Balaban J connectivity index is 1.93. The molecule has 1 amide bonds. The number of rotatable bonds is 5. The van der Waals surface area contributed by atoms with E-state index in [4.69, 9.17) is 0 Å². The highest BCUT2D eigenvalue weighted by Crippen LogP contribution is 2.41. The van der Waals surface area contributed by atoms with Crippen LogP contribution in [0, 0.1) is 12.3 Å². The van der Waals surface area contributed by atoms with Crippen molar-refractivity contribution in [1.29, 1.82) is 0 Å². The van der Waals surface area contributed by atoms with Gasteiger partial charge in [0.15, 0.2) is 0 Å². The topological polar surface area (TPSA) is 66.4 Å². The maximum Gasteiger partial charge on any atom is 0.319 e. The van der Waals surface area contributed by atoms with Gasteiger partial charge >= 0.3 is 5.97 Å². The molecular formula is C14H19NO3S. The Labute approximate surface area is 116 Å². The summed E-state index contributed by atoms with van der Waals surface area (Å²) >= 11 is 1.71. The van der Waals surface area contributed by atoms with Gasteiger partial charge in [-0.2, -0.15) is 0 Å². The van der Waals surface area contributed by atoms with Crippen molar-refractivity contribution < 1.29 is 14.7 Å². The average molecular weight is 281 g/mol. The van der Waals surface area contributed by atoms with Crippen molar-refractivity contribution in [3.05, 3.63) is 21.9 Å². The van der Waals surface area contributed by atoms with E-state index < -0.39 is 11.4 Å². The summed E-state index contributed by atoms with van der Waals surface area (Å²) in [4.78, 5) is 25.8. The van der Waals surface area contributed by atoms with E-state index in [2.05, 4.69) is 17.4 Å². The van der Waals surface area contributed by atoms with Gasteiger partial charge in [0.05, 0.1) is 0 Å². The molecule has 1 aliphatic rings. The number of aryl methyl sites for hydroxylation is 1. The molecule has 0 aromatic carbocycles. The number of amides is 1. The van der Waals surface area contributed by atoms with Crippen LogP contribution in [0.3, 0.4) is 0 Å². The highest BCUT2D eigenvalue weighted by molar-refractivity contribution is 7.11. The molecule has 1 fully saturated rings. The van der Waals surface area contributed by atoms with Crippen molar-refractivity contribution in [3.63, 3.8) is 0 Å². The van der Waals surface area contributed by atoms with Crippen LogP contribution in [0.5, 0.6) is 0 Å². The minimum absolute atomic E-state index is 0.0395. The molecule has 1 heterocycles. The monoisotopic (exact) mass is 281 g/mol. The van der Waals surface area contributed by atoms with E-state index in [1.807, 2.05) is 13.8 Å². The third kappa shape index (κ3) is 2.81. The largest absolute Gasteiger partial charge is 0.480 e. The molecule has 4 nitrogen and oxygen atoms in total. The molecule has 0 saturated heterocycles. The van der Waals surface area contributed by atoms with Crippen LogP contribution in [-0.4, -0.2) is 23.0 Å². The maximum absolute atomic E-state index is 12.1. The van der Waals surface area contributed by atoms with E-state index in [1.54, 1.807) is 11.3 Å². The third-order valence-corrected chi connectivity index (χ3v) is 4.76. The summed E-state index contributed by atoms with van der Waals surface area (Å²) in [5, 5.41) is 12.0. The minimum Gasteiger partial charge on any atom is -0.480 e. The summed E-state index contributed by atoms with van der Waals surface area (Å²) in [6, 6.07) is 4.07. The van der Waals surface area contributed by atoms with Gasteiger partial charge in [0.25, 0.3) is 0 Å². The van der Waals surface area contributed by atoms with E-state index in [0.29, 0.717) is 12.8 Å². The lowest BCUT2D eigenvalue weighted by atomic mass is 9.68. The predicted octanol–water partition coefficient (Wildman–Crippen LogP) is 2.36. The Hall–Kier alpha value is -1.36. The van der Waals surface area contributed by atoms with E-state index in [9.17, 15) is 14.7 Å². The lowest BCUT2D eigenvalue weighted by Gasteiger charge is -2.36. The Morgan fingerprint density at radius 2 is 2.16 bits per heavy atom. The molecule has 1 aliphatic carbocycles. The standard InChI is InChI=1S/C14H19NO3S/c1-9(8-11-5-4-10(2)19-11)15-12(16)14(13(17)18)6-3-7-14/h4-5,9H,3,6-8H2,1-2H3,(H,15,16)(H,17,18). The Bertz CT molecular complexity index is 491. The van der Waals surface area contributed by atoms with Gasteiger partial charge in [-0.05, 0) is 38.8 Å². The predicted molar refractivity (Wildman–Crippen MR) is 74.3 cm³/mol. The number of carboxylic acids is 1. The van der Waals surface area contributed by atoms with Gasteiger partial charge in [0, 0.05) is 22.2 Å². The molecule has 1 unspecified atom stereocenters. The second-order valence-corrected chi connectivity index (χ2v) is 6.70. The molecule has 2 N–H and O–H groups in total. The van der Waals surface area contributed by atoms with E-state index >= 15 is 0 Å². The van der Waals surface area contributed by atoms with Crippen LogP contribution in [-0.2, 0) is 16.0 Å². The van der Waals surface area contributed by atoms with E-state index in [-0.39, 0.29) is 11.9 Å². The maximum atomic E-state index is 12.1.